The number of amides is 1. The van der Waals surface area contributed by atoms with Crippen molar-refractivity contribution in [1.82, 2.24) is 4.37 Å². The quantitative estimate of drug-likeness (QED) is 0.743. The molecular formula is C16H13BN2O2S2. The minimum absolute atomic E-state index is 0.391. The molecule has 2 N–H and O–H groups in total. The second kappa shape index (κ2) is 5.51. The molecule has 4 rings (SSSR count). The second-order valence-electron chi connectivity index (χ2n) is 5.53. The molecule has 0 spiro atoms. The third kappa shape index (κ3) is 2.46. The Labute approximate surface area is 142 Å². The van der Waals surface area contributed by atoms with Crippen LogP contribution >= 0.6 is 22.9 Å². The lowest BCUT2D eigenvalue weighted by molar-refractivity contribution is 0.100. The monoisotopic (exact) mass is 340 g/mol. The van der Waals surface area contributed by atoms with Crippen LogP contribution in [-0.4, -0.2) is 18.1 Å². The fraction of sp³-hybridized carbons (Fsp3) is 0.125. The highest BCUT2D eigenvalue weighted by Gasteiger charge is 2.29. The first-order valence-corrected chi connectivity index (χ1v) is 8.86. The Balaban J connectivity index is 1.84. The maximum atomic E-state index is 11.8. The van der Waals surface area contributed by atoms with Gasteiger partial charge < -0.3 is 10.5 Å². The topological polar surface area (TPSA) is 65.2 Å². The number of aromatic nitrogens is 1. The van der Waals surface area contributed by atoms with Crippen molar-refractivity contribution in [3.63, 3.8) is 0 Å². The number of hydrogen-bond donors (Lipinski definition) is 1. The zero-order valence-corrected chi connectivity index (χ0v) is 14.1. The largest absolute Gasteiger partial charge is 0.446 e. The van der Waals surface area contributed by atoms with Gasteiger partial charge in [-0.2, -0.15) is 0 Å². The molecular weight excluding hydrogens is 327 g/mol. The minimum atomic E-state index is -0.391. The number of nitrogens with two attached hydrogens (primary N) is 1. The van der Waals surface area contributed by atoms with Crippen LogP contribution < -0.4 is 15.9 Å². The van der Waals surface area contributed by atoms with Gasteiger partial charge in [0.25, 0.3) is 5.91 Å². The lowest BCUT2D eigenvalue weighted by Crippen LogP contribution is -2.12. The molecule has 0 atom stereocenters. The number of carbonyl (C=O) groups is 1. The number of primary amides is 1. The summed E-state index contributed by atoms with van der Waals surface area (Å²) in [5.74, 6) is 0.366. The molecule has 23 heavy (non-hydrogen) atoms. The highest BCUT2D eigenvalue weighted by Crippen LogP contribution is 2.49. The van der Waals surface area contributed by atoms with Crippen LogP contribution in [0.4, 0.5) is 0 Å². The minimum Gasteiger partial charge on any atom is -0.446 e. The van der Waals surface area contributed by atoms with Gasteiger partial charge in [-0.3, -0.25) is 4.79 Å². The van der Waals surface area contributed by atoms with E-state index in [4.69, 9.17) is 10.5 Å². The predicted molar refractivity (Wildman–Crippen MR) is 96.0 cm³/mol. The number of hydrogen-bond acceptors (Lipinski definition) is 5. The standard InChI is InChI=1S/C16H13BN2O2S2/c17-9-2-4-10(5-3-9)21-16-12-11(14(22-16)15(18)20)6-1-8-7-19-23-13(8)12/h2-5,7H,1,6,17H2,(H2,18,20). The van der Waals surface area contributed by atoms with E-state index in [0.29, 0.717) is 4.88 Å². The molecule has 0 saturated carbocycles. The molecule has 0 unspecified atom stereocenters. The average molecular weight is 340 g/mol. The van der Waals surface area contributed by atoms with E-state index < -0.39 is 5.91 Å². The molecule has 0 fully saturated rings. The van der Waals surface area contributed by atoms with Crippen molar-refractivity contribution in [3.05, 3.63) is 46.5 Å². The number of nitrogens with zero attached hydrogens (tertiary/aromatic N) is 1. The summed E-state index contributed by atoms with van der Waals surface area (Å²) in [4.78, 5) is 13.5. The van der Waals surface area contributed by atoms with Gasteiger partial charge in [0.1, 0.15) is 13.6 Å². The highest BCUT2D eigenvalue weighted by atomic mass is 32.1. The Kier molecular flexibility index (Phi) is 3.47. The van der Waals surface area contributed by atoms with E-state index in [2.05, 4.69) is 4.37 Å². The van der Waals surface area contributed by atoms with E-state index in [1.807, 2.05) is 38.3 Å². The van der Waals surface area contributed by atoms with E-state index in [9.17, 15) is 4.79 Å². The van der Waals surface area contributed by atoms with Gasteiger partial charge in [0.15, 0.2) is 5.06 Å². The van der Waals surface area contributed by atoms with Crippen molar-refractivity contribution in [3.8, 4) is 21.3 Å². The lowest BCUT2D eigenvalue weighted by Gasteiger charge is -2.14. The summed E-state index contributed by atoms with van der Waals surface area (Å²) in [6, 6.07) is 7.87. The van der Waals surface area contributed by atoms with Gasteiger partial charge in [-0.15, -0.1) is 0 Å². The van der Waals surface area contributed by atoms with E-state index >= 15 is 0 Å². The average Bonchev–Trinajstić information content (AvgIpc) is 3.13. The van der Waals surface area contributed by atoms with Crippen LogP contribution in [0.3, 0.4) is 0 Å². The first kappa shape index (κ1) is 14.5. The van der Waals surface area contributed by atoms with E-state index in [1.165, 1.54) is 33.9 Å². The fourth-order valence-electron chi connectivity index (χ4n) is 2.80. The van der Waals surface area contributed by atoms with Gasteiger partial charge in [-0.05, 0) is 47.6 Å². The Bertz CT molecular complexity index is 899. The van der Waals surface area contributed by atoms with E-state index in [-0.39, 0.29) is 0 Å². The van der Waals surface area contributed by atoms with Gasteiger partial charge in [0.2, 0.25) is 0 Å². The van der Waals surface area contributed by atoms with Crippen LogP contribution in [0.1, 0.15) is 20.8 Å². The Morgan fingerprint density at radius 3 is 2.78 bits per heavy atom. The number of benzene rings is 1. The molecule has 0 radical (unpaired) electrons. The van der Waals surface area contributed by atoms with Crippen molar-refractivity contribution in [2.75, 3.05) is 0 Å². The number of rotatable bonds is 3. The van der Waals surface area contributed by atoms with Crippen molar-refractivity contribution in [2.45, 2.75) is 12.8 Å². The molecule has 0 bridgehead atoms. The lowest BCUT2D eigenvalue weighted by atomic mass is 9.93. The summed E-state index contributed by atoms with van der Waals surface area (Å²) in [5.41, 5.74) is 9.95. The summed E-state index contributed by atoms with van der Waals surface area (Å²) >= 11 is 2.78. The van der Waals surface area contributed by atoms with Crippen LogP contribution in [-0.2, 0) is 12.8 Å². The van der Waals surface area contributed by atoms with Crippen molar-refractivity contribution in [1.29, 1.82) is 0 Å². The number of aryl methyl sites for hydroxylation is 1. The first-order chi connectivity index (χ1) is 11.1. The number of ether oxygens (including phenoxy) is 1. The maximum Gasteiger partial charge on any atom is 0.259 e. The normalized spacial score (nSPS) is 12.5. The summed E-state index contributed by atoms with van der Waals surface area (Å²) < 4.78 is 10.4. The van der Waals surface area contributed by atoms with Crippen LogP contribution in [0.15, 0.2) is 30.5 Å². The molecule has 0 saturated heterocycles. The van der Waals surface area contributed by atoms with Crippen molar-refractivity contribution < 1.29 is 9.53 Å². The van der Waals surface area contributed by atoms with Crippen LogP contribution in [0, 0.1) is 0 Å². The first-order valence-electron chi connectivity index (χ1n) is 7.27. The predicted octanol–water partition coefficient (Wildman–Crippen LogP) is 2.12. The third-order valence-corrected chi connectivity index (χ3v) is 5.93. The van der Waals surface area contributed by atoms with Gasteiger partial charge in [-0.1, -0.05) is 28.9 Å². The molecule has 3 aromatic rings. The fourth-order valence-corrected chi connectivity index (χ4v) is 4.81. The molecule has 0 aliphatic heterocycles. The molecule has 1 aliphatic rings. The number of fused-ring (bicyclic) bond motifs is 3. The summed E-state index contributed by atoms with van der Waals surface area (Å²) in [6.07, 6.45) is 3.59. The van der Waals surface area contributed by atoms with Gasteiger partial charge >= 0.3 is 0 Å². The van der Waals surface area contributed by atoms with E-state index in [0.717, 1.165) is 39.7 Å². The summed E-state index contributed by atoms with van der Waals surface area (Å²) in [5, 5.41) is 0.725. The Morgan fingerprint density at radius 1 is 1.26 bits per heavy atom. The summed E-state index contributed by atoms with van der Waals surface area (Å²) in [7, 11) is 2.03. The van der Waals surface area contributed by atoms with E-state index in [1.54, 1.807) is 0 Å². The molecule has 4 nitrogen and oxygen atoms in total. The van der Waals surface area contributed by atoms with Gasteiger partial charge in [-0.25, -0.2) is 4.37 Å². The number of thiophene rings is 1. The molecule has 7 heteroatoms. The molecule has 1 aliphatic carbocycles. The maximum absolute atomic E-state index is 11.8. The Hall–Kier alpha value is -2.12. The molecule has 2 heterocycles. The number of carbonyl (C=O) groups excluding carboxylic acids is 1. The molecule has 114 valence electrons. The zero-order valence-electron chi connectivity index (χ0n) is 12.5. The third-order valence-electron chi connectivity index (χ3n) is 3.95. The molecule has 1 aromatic carbocycles. The van der Waals surface area contributed by atoms with Crippen molar-refractivity contribution >= 4 is 42.1 Å². The SMILES string of the molecule is Bc1ccc(Oc2sc(C(N)=O)c3c2-c2sncc2CC3)cc1. The Morgan fingerprint density at radius 2 is 2.04 bits per heavy atom. The molecule has 1 amide bonds. The molecule has 2 aromatic heterocycles. The second-order valence-corrected chi connectivity index (χ2v) is 7.32. The zero-order chi connectivity index (χ0) is 16.0. The summed E-state index contributed by atoms with van der Waals surface area (Å²) in [6.45, 7) is 0. The van der Waals surface area contributed by atoms with Crippen LogP contribution in [0.5, 0.6) is 10.8 Å². The van der Waals surface area contributed by atoms with Gasteiger partial charge in [0, 0.05) is 6.20 Å². The van der Waals surface area contributed by atoms with Crippen LogP contribution in [0.25, 0.3) is 10.4 Å². The highest BCUT2D eigenvalue weighted by molar-refractivity contribution is 7.17. The van der Waals surface area contributed by atoms with Gasteiger partial charge in [0.05, 0.1) is 15.3 Å². The van der Waals surface area contributed by atoms with Crippen LogP contribution in [0.2, 0.25) is 0 Å². The smallest absolute Gasteiger partial charge is 0.259 e. The van der Waals surface area contributed by atoms with Crippen molar-refractivity contribution in [2.24, 2.45) is 5.73 Å².